The smallest absolute Gasteiger partial charge is 0.338 e. The van der Waals surface area contributed by atoms with E-state index in [1.807, 2.05) is 73.7 Å². The molecule has 0 fully saturated rings. The molecule has 8 heteroatoms. The summed E-state index contributed by atoms with van der Waals surface area (Å²) in [5.74, 6) is 1.10. The van der Waals surface area contributed by atoms with Crippen molar-refractivity contribution in [3.63, 3.8) is 0 Å². The van der Waals surface area contributed by atoms with Crippen molar-refractivity contribution in [2.24, 2.45) is 4.99 Å². The molecule has 0 bridgehead atoms. The Kier molecular flexibility index (Phi) is 9.41. The lowest BCUT2D eigenvalue weighted by atomic mass is 9.93. The highest BCUT2D eigenvalue weighted by atomic mass is 32.1. The fraction of sp³-hybridized carbons (Fsp3) is 0.256. The molecule has 1 aromatic heterocycles. The van der Waals surface area contributed by atoms with Gasteiger partial charge in [0.2, 0.25) is 0 Å². The zero-order valence-corrected chi connectivity index (χ0v) is 28.1. The van der Waals surface area contributed by atoms with Crippen molar-refractivity contribution >= 4 is 34.2 Å². The van der Waals surface area contributed by atoms with Crippen LogP contribution < -0.4 is 24.4 Å². The number of esters is 1. The Hall–Kier alpha value is -4.95. The number of hydrogen-bond donors (Lipinski definition) is 0. The lowest BCUT2D eigenvalue weighted by molar-refractivity contribution is -0.139. The van der Waals surface area contributed by atoms with E-state index >= 15 is 0 Å². The number of allylic oxidation sites excluding steroid dienone is 1. The molecule has 1 atom stereocenters. The molecule has 0 saturated carbocycles. The predicted octanol–water partition coefficient (Wildman–Crippen LogP) is 7.05. The molecule has 0 spiro atoms. The number of carbonyl (C=O) groups excluding carboxylic acids is 1. The van der Waals surface area contributed by atoms with E-state index in [4.69, 9.17) is 19.2 Å². The van der Waals surface area contributed by atoms with Crippen molar-refractivity contribution in [3.8, 4) is 11.5 Å². The SMILES string of the molecule is CCOC(=O)C1=C(C)N=c2s/c(=C\c3ccc(OCc4cccc5ccccc45)c(OCC)c3)c(=O)n2[C@H]1c1ccc(C(C)C)cc1. The van der Waals surface area contributed by atoms with Gasteiger partial charge in [0, 0.05) is 0 Å². The molecule has 1 aliphatic rings. The molecule has 1 aliphatic heterocycles. The number of nitrogens with zero attached hydrogens (tertiary/aromatic N) is 2. The number of aromatic nitrogens is 1. The molecule has 2 heterocycles. The lowest BCUT2D eigenvalue weighted by Gasteiger charge is -2.25. The first-order valence-corrected chi connectivity index (χ1v) is 16.8. The van der Waals surface area contributed by atoms with Crippen LogP contribution in [0.3, 0.4) is 0 Å². The van der Waals surface area contributed by atoms with E-state index in [9.17, 15) is 9.59 Å². The number of thiazole rings is 1. The highest BCUT2D eigenvalue weighted by Crippen LogP contribution is 2.33. The van der Waals surface area contributed by atoms with Gasteiger partial charge in [-0.2, -0.15) is 0 Å². The predicted molar refractivity (Wildman–Crippen MR) is 187 cm³/mol. The first-order chi connectivity index (χ1) is 22.8. The molecule has 5 aromatic rings. The highest BCUT2D eigenvalue weighted by molar-refractivity contribution is 7.07. The van der Waals surface area contributed by atoms with E-state index in [2.05, 4.69) is 38.1 Å². The summed E-state index contributed by atoms with van der Waals surface area (Å²) in [5.41, 5.74) is 4.56. The van der Waals surface area contributed by atoms with Gasteiger partial charge in [-0.25, -0.2) is 9.79 Å². The van der Waals surface area contributed by atoms with Crippen molar-refractivity contribution in [2.45, 2.75) is 53.2 Å². The van der Waals surface area contributed by atoms with Gasteiger partial charge in [0.05, 0.1) is 35.1 Å². The summed E-state index contributed by atoms with van der Waals surface area (Å²) in [7, 11) is 0. The van der Waals surface area contributed by atoms with Crippen LogP contribution in [0.2, 0.25) is 0 Å². The van der Waals surface area contributed by atoms with E-state index in [-0.39, 0.29) is 12.2 Å². The zero-order valence-electron chi connectivity index (χ0n) is 27.3. The van der Waals surface area contributed by atoms with Gasteiger partial charge < -0.3 is 14.2 Å². The zero-order chi connectivity index (χ0) is 33.1. The Bertz CT molecular complexity index is 2150. The molecule has 6 rings (SSSR count). The number of hydrogen-bond acceptors (Lipinski definition) is 7. The Balaban J connectivity index is 1.38. The van der Waals surface area contributed by atoms with E-state index in [1.54, 1.807) is 18.4 Å². The fourth-order valence-corrected chi connectivity index (χ4v) is 6.94. The highest BCUT2D eigenvalue weighted by Gasteiger charge is 2.33. The summed E-state index contributed by atoms with van der Waals surface area (Å²) in [5, 5.41) is 2.31. The van der Waals surface area contributed by atoms with Gasteiger partial charge in [0.1, 0.15) is 6.61 Å². The second-order valence-electron chi connectivity index (χ2n) is 11.7. The van der Waals surface area contributed by atoms with E-state index in [1.165, 1.54) is 16.9 Å². The van der Waals surface area contributed by atoms with Crippen LogP contribution in [-0.4, -0.2) is 23.8 Å². The van der Waals surface area contributed by atoms with Crippen molar-refractivity contribution in [3.05, 3.63) is 138 Å². The summed E-state index contributed by atoms with van der Waals surface area (Å²) in [6.45, 7) is 10.8. The number of rotatable bonds is 10. The number of benzene rings is 4. The summed E-state index contributed by atoms with van der Waals surface area (Å²) in [6, 6.07) is 27.5. The molecular formula is C39H38N2O5S. The Morgan fingerprint density at radius 2 is 1.70 bits per heavy atom. The van der Waals surface area contributed by atoms with Gasteiger partial charge in [0.15, 0.2) is 16.3 Å². The molecule has 240 valence electrons. The van der Waals surface area contributed by atoms with Crippen LogP contribution in [0.1, 0.15) is 68.8 Å². The van der Waals surface area contributed by atoms with Gasteiger partial charge in [-0.1, -0.05) is 98.0 Å². The summed E-state index contributed by atoms with van der Waals surface area (Å²) in [4.78, 5) is 32.6. The van der Waals surface area contributed by atoms with Gasteiger partial charge in [0.25, 0.3) is 5.56 Å². The van der Waals surface area contributed by atoms with Crippen molar-refractivity contribution in [1.82, 2.24) is 4.57 Å². The molecule has 0 radical (unpaired) electrons. The van der Waals surface area contributed by atoms with Crippen LogP contribution in [0, 0.1) is 0 Å². The maximum atomic E-state index is 14.1. The minimum atomic E-state index is -0.655. The third kappa shape index (κ3) is 6.51. The fourth-order valence-electron chi connectivity index (χ4n) is 5.90. The minimum Gasteiger partial charge on any atom is -0.490 e. The molecule has 7 nitrogen and oxygen atoms in total. The molecule has 0 aliphatic carbocycles. The van der Waals surface area contributed by atoms with Crippen LogP contribution in [0.15, 0.2) is 106 Å². The van der Waals surface area contributed by atoms with E-state index in [0.29, 0.717) is 51.2 Å². The van der Waals surface area contributed by atoms with Gasteiger partial charge >= 0.3 is 5.97 Å². The average Bonchev–Trinajstić information content (AvgIpc) is 3.37. The average molecular weight is 647 g/mol. The Labute approximate surface area is 278 Å². The number of fused-ring (bicyclic) bond motifs is 2. The van der Waals surface area contributed by atoms with Crippen LogP contribution in [0.4, 0.5) is 0 Å². The molecule has 47 heavy (non-hydrogen) atoms. The van der Waals surface area contributed by atoms with Gasteiger partial charge in [-0.3, -0.25) is 9.36 Å². The molecular weight excluding hydrogens is 609 g/mol. The molecule has 0 saturated heterocycles. The van der Waals surface area contributed by atoms with Crippen LogP contribution in [0.5, 0.6) is 11.5 Å². The second-order valence-corrected chi connectivity index (χ2v) is 12.7. The van der Waals surface area contributed by atoms with Crippen molar-refractivity contribution in [2.75, 3.05) is 13.2 Å². The Morgan fingerprint density at radius 3 is 2.45 bits per heavy atom. The topological polar surface area (TPSA) is 79.1 Å². The largest absolute Gasteiger partial charge is 0.490 e. The minimum absolute atomic E-state index is 0.225. The normalized spacial score (nSPS) is 14.7. The summed E-state index contributed by atoms with van der Waals surface area (Å²) in [6.07, 6.45) is 1.84. The van der Waals surface area contributed by atoms with Crippen LogP contribution in [0.25, 0.3) is 16.8 Å². The molecule has 4 aromatic carbocycles. The van der Waals surface area contributed by atoms with Crippen molar-refractivity contribution in [1.29, 1.82) is 0 Å². The number of carbonyl (C=O) groups is 1. The monoisotopic (exact) mass is 646 g/mol. The first kappa shape index (κ1) is 32.0. The molecule has 0 amide bonds. The summed E-state index contributed by atoms with van der Waals surface area (Å²) < 4.78 is 19.8. The second kappa shape index (κ2) is 13.8. The maximum Gasteiger partial charge on any atom is 0.338 e. The molecule has 0 unspecified atom stereocenters. The van der Waals surface area contributed by atoms with E-state index in [0.717, 1.165) is 27.5 Å². The summed E-state index contributed by atoms with van der Waals surface area (Å²) >= 11 is 1.30. The standard InChI is InChI=1S/C39H38N2O5S/c1-6-44-33-21-26(15-20-32(33)46-23-30-13-10-12-28-11-8-9-14-31(28)30)22-34-37(42)41-36(29-18-16-27(17-19-29)24(3)4)35(38(43)45-7-2)25(5)40-39(41)47-34/h8-22,24,36H,6-7,23H2,1-5H3/b34-22-/t36-/m0/s1. The third-order valence-electron chi connectivity index (χ3n) is 8.26. The lowest BCUT2D eigenvalue weighted by Crippen LogP contribution is -2.39. The van der Waals surface area contributed by atoms with Gasteiger partial charge in [-0.15, -0.1) is 0 Å². The van der Waals surface area contributed by atoms with Crippen molar-refractivity contribution < 1.29 is 19.0 Å². The quantitative estimate of drug-likeness (QED) is 0.152. The Morgan fingerprint density at radius 1 is 0.936 bits per heavy atom. The first-order valence-electron chi connectivity index (χ1n) is 15.9. The third-order valence-corrected chi connectivity index (χ3v) is 9.25. The van der Waals surface area contributed by atoms with Gasteiger partial charge in [-0.05, 0) is 77.9 Å². The van der Waals surface area contributed by atoms with Crippen LogP contribution >= 0.6 is 11.3 Å². The molecule has 0 N–H and O–H groups in total. The van der Waals surface area contributed by atoms with Crippen LogP contribution in [-0.2, 0) is 16.1 Å². The van der Waals surface area contributed by atoms with E-state index < -0.39 is 12.0 Å². The maximum absolute atomic E-state index is 14.1. The number of ether oxygens (including phenoxy) is 3.